The lowest BCUT2D eigenvalue weighted by molar-refractivity contribution is 0.616. The molecule has 2 rings (SSSR count). The van der Waals surface area contributed by atoms with Crippen molar-refractivity contribution in [2.45, 2.75) is 59.3 Å². The number of hydrogen-bond donors (Lipinski definition) is 1. The summed E-state index contributed by atoms with van der Waals surface area (Å²) in [7, 11) is 0. The van der Waals surface area contributed by atoms with E-state index in [1.807, 2.05) is 19.1 Å². The molecule has 0 amide bonds. The van der Waals surface area contributed by atoms with Gasteiger partial charge in [0.1, 0.15) is 11.6 Å². The molecule has 24 heavy (non-hydrogen) atoms. The molecule has 0 fully saturated rings. The Morgan fingerprint density at radius 2 is 1.71 bits per heavy atom. The standard InChI is InChI=1S/C20H28FN3/c1-4-5-6-7-8-9-12-22-19-13-16(3)23-20(24-19)17-11-10-15(2)18(21)14-17/h10-11,13-14H,4-9,12H2,1-3H3,(H,22,23,24). The highest BCUT2D eigenvalue weighted by Crippen LogP contribution is 2.20. The van der Waals surface area contributed by atoms with Crippen LogP contribution in [0.5, 0.6) is 0 Å². The van der Waals surface area contributed by atoms with Gasteiger partial charge in [-0.3, -0.25) is 0 Å². The molecule has 0 saturated carbocycles. The zero-order valence-corrected chi connectivity index (χ0v) is 15.0. The first kappa shape index (κ1) is 18.4. The first-order chi connectivity index (χ1) is 11.6. The van der Waals surface area contributed by atoms with Crippen molar-refractivity contribution in [3.63, 3.8) is 0 Å². The van der Waals surface area contributed by atoms with Crippen LogP contribution in [0.3, 0.4) is 0 Å². The van der Waals surface area contributed by atoms with Crippen LogP contribution in [-0.2, 0) is 0 Å². The number of benzene rings is 1. The molecule has 3 nitrogen and oxygen atoms in total. The van der Waals surface area contributed by atoms with Crippen LogP contribution in [0.2, 0.25) is 0 Å². The first-order valence-electron chi connectivity index (χ1n) is 8.96. The third-order valence-corrected chi connectivity index (χ3v) is 4.12. The van der Waals surface area contributed by atoms with Gasteiger partial charge in [-0.1, -0.05) is 51.2 Å². The van der Waals surface area contributed by atoms with Gasteiger partial charge in [-0.25, -0.2) is 14.4 Å². The zero-order chi connectivity index (χ0) is 17.4. The van der Waals surface area contributed by atoms with Gasteiger partial charge in [0.25, 0.3) is 0 Å². The maximum absolute atomic E-state index is 13.8. The number of unbranched alkanes of at least 4 members (excludes halogenated alkanes) is 5. The Morgan fingerprint density at radius 1 is 0.958 bits per heavy atom. The molecule has 0 aliphatic carbocycles. The fourth-order valence-corrected chi connectivity index (χ4v) is 2.64. The van der Waals surface area contributed by atoms with Crippen LogP contribution in [0, 0.1) is 19.7 Å². The molecule has 0 atom stereocenters. The van der Waals surface area contributed by atoms with E-state index in [1.165, 1.54) is 38.2 Å². The second-order valence-corrected chi connectivity index (χ2v) is 6.38. The molecule has 0 saturated heterocycles. The van der Waals surface area contributed by atoms with Gasteiger partial charge in [-0.15, -0.1) is 0 Å². The summed E-state index contributed by atoms with van der Waals surface area (Å²) in [5.41, 5.74) is 2.23. The van der Waals surface area contributed by atoms with Crippen LogP contribution in [0.15, 0.2) is 24.3 Å². The minimum atomic E-state index is -0.223. The average molecular weight is 329 g/mol. The lowest BCUT2D eigenvalue weighted by Crippen LogP contribution is -2.05. The van der Waals surface area contributed by atoms with E-state index in [1.54, 1.807) is 13.0 Å². The Balaban J connectivity index is 1.94. The van der Waals surface area contributed by atoms with Crippen molar-refractivity contribution in [3.05, 3.63) is 41.3 Å². The molecule has 4 heteroatoms. The SMILES string of the molecule is CCCCCCCCNc1cc(C)nc(-c2ccc(C)c(F)c2)n1. The van der Waals surface area contributed by atoms with Gasteiger partial charge in [0.05, 0.1) is 0 Å². The molecule has 0 unspecified atom stereocenters. The van der Waals surface area contributed by atoms with Crippen molar-refractivity contribution in [1.82, 2.24) is 9.97 Å². The smallest absolute Gasteiger partial charge is 0.161 e. The van der Waals surface area contributed by atoms with Crippen molar-refractivity contribution in [1.29, 1.82) is 0 Å². The van der Waals surface area contributed by atoms with Gasteiger partial charge >= 0.3 is 0 Å². The molecular weight excluding hydrogens is 301 g/mol. The molecule has 1 N–H and O–H groups in total. The molecular formula is C20H28FN3. The summed E-state index contributed by atoms with van der Waals surface area (Å²) >= 11 is 0. The van der Waals surface area contributed by atoms with Gasteiger partial charge in [-0.05, 0) is 31.9 Å². The van der Waals surface area contributed by atoms with Crippen molar-refractivity contribution in [2.75, 3.05) is 11.9 Å². The Bertz CT molecular complexity index is 655. The second kappa shape index (κ2) is 9.36. The van der Waals surface area contributed by atoms with E-state index in [0.29, 0.717) is 17.0 Å². The van der Waals surface area contributed by atoms with E-state index in [0.717, 1.165) is 24.5 Å². The van der Waals surface area contributed by atoms with Gasteiger partial charge in [-0.2, -0.15) is 0 Å². The van der Waals surface area contributed by atoms with E-state index in [9.17, 15) is 4.39 Å². The molecule has 0 aliphatic rings. The van der Waals surface area contributed by atoms with E-state index >= 15 is 0 Å². The number of hydrogen-bond acceptors (Lipinski definition) is 3. The molecule has 0 radical (unpaired) electrons. The second-order valence-electron chi connectivity index (χ2n) is 6.38. The number of nitrogens with one attached hydrogen (secondary N) is 1. The topological polar surface area (TPSA) is 37.8 Å². The zero-order valence-electron chi connectivity index (χ0n) is 15.0. The maximum atomic E-state index is 13.8. The Kier molecular flexibility index (Phi) is 7.16. The van der Waals surface area contributed by atoms with Gasteiger partial charge in [0, 0.05) is 23.9 Å². The van der Waals surface area contributed by atoms with E-state index < -0.39 is 0 Å². The predicted molar refractivity (Wildman–Crippen MR) is 98.8 cm³/mol. The minimum absolute atomic E-state index is 0.223. The number of nitrogens with zero attached hydrogens (tertiary/aromatic N) is 2. The van der Waals surface area contributed by atoms with Crippen LogP contribution in [-0.4, -0.2) is 16.5 Å². The fourth-order valence-electron chi connectivity index (χ4n) is 2.64. The van der Waals surface area contributed by atoms with Gasteiger partial charge in [0.15, 0.2) is 5.82 Å². The Labute approximate surface area is 144 Å². The summed E-state index contributed by atoms with van der Waals surface area (Å²) < 4.78 is 13.8. The van der Waals surface area contributed by atoms with E-state index in [-0.39, 0.29) is 5.82 Å². The third-order valence-electron chi connectivity index (χ3n) is 4.12. The summed E-state index contributed by atoms with van der Waals surface area (Å²) in [6.07, 6.45) is 7.61. The number of anilines is 1. The van der Waals surface area contributed by atoms with Crippen molar-refractivity contribution >= 4 is 5.82 Å². The summed E-state index contributed by atoms with van der Waals surface area (Å²) in [5.74, 6) is 1.16. The molecule has 130 valence electrons. The van der Waals surface area contributed by atoms with Gasteiger partial charge < -0.3 is 5.32 Å². The highest BCUT2D eigenvalue weighted by molar-refractivity contribution is 5.58. The van der Waals surface area contributed by atoms with Crippen LogP contribution in [0.1, 0.15) is 56.7 Å². The highest BCUT2D eigenvalue weighted by atomic mass is 19.1. The Hall–Kier alpha value is -1.97. The fraction of sp³-hybridized carbons (Fsp3) is 0.500. The molecule has 2 aromatic rings. The Morgan fingerprint density at radius 3 is 2.46 bits per heavy atom. The van der Waals surface area contributed by atoms with Crippen LogP contribution in [0.25, 0.3) is 11.4 Å². The lowest BCUT2D eigenvalue weighted by atomic mass is 10.1. The summed E-state index contributed by atoms with van der Waals surface area (Å²) in [5, 5.41) is 3.37. The molecule has 0 bridgehead atoms. The van der Waals surface area contributed by atoms with E-state index in [2.05, 4.69) is 22.2 Å². The van der Waals surface area contributed by atoms with Gasteiger partial charge in [0.2, 0.25) is 0 Å². The van der Waals surface area contributed by atoms with Crippen molar-refractivity contribution < 1.29 is 4.39 Å². The molecule has 0 aliphatic heterocycles. The maximum Gasteiger partial charge on any atom is 0.161 e. The summed E-state index contributed by atoms with van der Waals surface area (Å²) in [6, 6.07) is 7.07. The normalized spacial score (nSPS) is 10.8. The van der Waals surface area contributed by atoms with Crippen LogP contribution in [0.4, 0.5) is 10.2 Å². The van der Waals surface area contributed by atoms with E-state index in [4.69, 9.17) is 0 Å². The largest absolute Gasteiger partial charge is 0.370 e. The number of halogens is 1. The lowest BCUT2D eigenvalue weighted by Gasteiger charge is -2.09. The number of rotatable bonds is 9. The van der Waals surface area contributed by atoms with Crippen LogP contribution >= 0.6 is 0 Å². The monoisotopic (exact) mass is 329 g/mol. The van der Waals surface area contributed by atoms with Crippen molar-refractivity contribution in [2.24, 2.45) is 0 Å². The summed E-state index contributed by atoms with van der Waals surface area (Å²) in [4.78, 5) is 8.97. The summed E-state index contributed by atoms with van der Waals surface area (Å²) in [6.45, 7) is 6.83. The molecule has 0 spiro atoms. The predicted octanol–water partition coefficient (Wildman–Crippen LogP) is 5.67. The van der Waals surface area contributed by atoms with Crippen LogP contribution < -0.4 is 5.32 Å². The minimum Gasteiger partial charge on any atom is -0.370 e. The molecule has 1 aromatic heterocycles. The molecule has 1 aromatic carbocycles. The first-order valence-corrected chi connectivity index (χ1v) is 8.96. The van der Waals surface area contributed by atoms with Crippen molar-refractivity contribution in [3.8, 4) is 11.4 Å². The average Bonchev–Trinajstić information content (AvgIpc) is 2.56. The third kappa shape index (κ3) is 5.59. The quantitative estimate of drug-likeness (QED) is 0.602. The number of aryl methyl sites for hydroxylation is 2. The molecule has 1 heterocycles. The number of aromatic nitrogens is 2. The highest BCUT2D eigenvalue weighted by Gasteiger charge is 2.07.